The van der Waals surface area contributed by atoms with Crippen LogP contribution < -0.4 is 10.6 Å². The van der Waals surface area contributed by atoms with Crippen molar-refractivity contribution in [3.63, 3.8) is 0 Å². The van der Waals surface area contributed by atoms with Crippen LogP contribution in [0.2, 0.25) is 0 Å². The summed E-state index contributed by atoms with van der Waals surface area (Å²) in [6, 6.07) is -1.13. The minimum atomic E-state index is -1.33. The Kier molecular flexibility index (Phi) is 6.57. The van der Waals surface area contributed by atoms with Gasteiger partial charge in [0.25, 0.3) is 0 Å². The van der Waals surface area contributed by atoms with Gasteiger partial charge in [-0.3, -0.25) is 14.4 Å². The highest BCUT2D eigenvalue weighted by atomic mass is 16.3. The van der Waals surface area contributed by atoms with Crippen LogP contribution in [0, 0.1) is 0 Å². The van der Waals surface area contributed by atoms with Crippen LogP contribution in [0.1, 0.15) is 26.7 Å². The van der Waals surface area contributed by atoms with Gasteiger partial charge in [0, 0.05) is 13.5 Å². The van der Waals surface area contributed by atoms with Crippen LogP contribution in [-0.2, 0) is 14.4 Å². The fourth-order valence-corrected chi connectivity index (χ4v) is 2.17. The number of aliphatic hydroxyl groups is 2. The van der Waals surface area contributed by atoms with Gasteiger partial charge in [-0.05, 0) is 6.42 Å². The SMILES string of the molecule is CCCCNC(=O)[C@@H]1[C@@H](O)[C@@H](O)CN1C(=O)CNC(C)=O. The van der Waals surface area contributed by atoms with Gasteiger partial charge in [0.2, 0.25) is 17.7 Å². The molecule has 1 rings (SSSR count). The molecule has 0 bridgehead atoms. The number of β-amino-alcohol motifs (C(OH)–C–C–N with tert-alkyl or cyclic N) is 1. The number of likely N-dealkylation sites (tertiary alicyclic amines) is 1. The van der Waals surface area contributed by atoms with E-state index in [2.05, 4.69) is 10.6 Å². The fraction of sp³-hybridized carbons (Fsp3) is 0.769. The lowest BCUT2D eigenvalue weighted by molar-refractivity contribution is -0.140. The number of rotatable bonds is 6. The highest BCUT2D eigenvalue weighted by Crippen LogP contribution is 2.19. The predicted molar refractivity (Wildman–Crippen MR) is 74.1 cm³/mol. The Morgan fingerprint density at radius 1 is 1.24 bits per heavy atom. The molecule has 1 heterocycles. The zero-order valence-electron chi connectivity index (χ0n) is 12.3. The molecule has 0 aromatic heterocycles. The van der Waals surface area contributed by atoms with Gasteiger partial charge in [-0.2, -0.15) is 0 Å². The van der Waals surface area contributed by atoms with Gasteiger partial charge < -0.3 is 25.7 Å². The van der Waals surface area contributed by atoms with E-state index >= 15 is 0 Å². The highest BCUT2D eigenvalue weighted by molar-refractivity contribution is 5.91. The molecule has 0 unspecified atom stereocenters. The van der Waals surface area contributed by atoms with E-state index in [9.17, 15) is 24.6 Å². The molecule has 0 radical (unpaired) electrons. The molecule has 120 valence electrons. The number of hydrogen-bond donors (Lipinski definition) is 4. The second-order valence-corrected chi connectivity index (χ2v) is 5.10. The predicted octanol–water partition coefficient (Wildman–Crippen LogP) is -2.03. The summed E-state index contributed by atoms with van der Waals surface area (Å²) in [5.41, 5.74) is 0. The van der Waals surface area contributed by atoms with Crippen molar-refractivity contribution < 1.29 is 24.6 Å². The van der Waals surface area contributed by atoms with Gasteiger partial charge >= 0.3 is 0 Å². The summed E-state index contributed by atoms with van der Waals surface area (Å²) in [7, 11) is 0. The molecule has 0 aromatic rings. The fourth-order valence-electron chi connectivity index (χ4n) is 2.17. The zero-order chi connectivity index (χ0) is 16.0. The van der Waals surface area contributed by atoms with E-state index in [1.54, 1.807) is 0 Å². The second kappa shape index (κ2) is 7.94. The first-order valence-electron chi connectivity index (χ1n) is 7.06. The normalized spacial score (nSPS) is 24.8. The maximum Gasteiger partial charge on any atom is 0.245 e. The van der Waals surface area contributed by atoms with Crippen LogP contribution in [0.3, 0.4) is 0 Å². The molecule has 1 aliphatic heterocycles. The Labute approximate surface area is 123 Å². The third-order valence-corrected chi connectivity index (χ3v) is 3.34. The maximum absolute atomic E-state index is 12.1. The summed E-state index contributed by atoms with van der Waals surface area (Å²) in [4.78, 5) is 36.0. The summed E-state index contributed by atoms with van der Waals surface area (Å²) in [5.74, 6) is -1.38. The number of nitrogens with zero attached hydrogens (tertiary/aromatic N) is 1. The average molecular weight is 301 g/mol. The largest absolute Gasteiger partial charge is 0.388 e. The summed E-state index contributed by atoms with van der Waals surface area (Å²) in [6.07, 6.45) is -0.806. The summed E-state index contributed by atoms with van der Waals surface area (Å²) in [6.45, 7) is 3.29. The van der Waals surface area contributed by atoms with Gasteiger partial charge in [0.1, 0.15) is 12.1 Å². The number of aliphatic hydroxyl groups excluding tert-OH is 2. The molecule has 8 nitrogen and oxygen atoms in total. The summed E-state index contributed by atoms with van der Waals surface area (Å²) in [5, 5.41) is 24.5. The molecule has 0 spiro atoms. The average Bonchev–Trinajstić information content (AvgIpc) is 2.72. The second-order valence-electron chi connectivity index (χ2n) is 5.10. The lowest BCUT2D eigenvalue weighted by Gasteiger charge is -2.25. The standard InChI is InChI=1S/C13H23N3O5/c1-3-4-5-14-13(21)11-12(20)9(18)7-16(11)10(19)6-15-8(2)17/h9,11-12,18,20H,3-7H2,1-2H3,(H,14,21)(H,15,17)/t9-,11-,12-/m0/s1. The molecule has 0 saturated carbocycles. The molecule has 3 amide bonds. The van der Waals surface area contributed by atoms with Crippen molar-refractivity contribution in [1.82, 2.24) is 15.5 Å². The monoisotopic (exact) mass is 301 g/mol. The summed E-state index contributed by atoms with van der Waals surface area (Å²) >= 11 is 0. The van der Waals surface area contributed by atoms with Crippen LogP contribution in [0.4, 0.5) is 0 Å². The van der Waals surface area contributed by atoms with E-state index in [1.807, 2.05) is 6.92 Å². The van der Waals surface area contributed by atoms with E-state index in [0.29, 0.717) is 6.54 Å². The lowest BCUT2D eigenvalue weighted by Crippen LogP contribution is -2.52. The van der Waals surface area contributed by atoms with Crippen LogP contribution in [0.15, 0.2) is 0 Å². The molecule has 8 heteroatoms. The minimum absolute atomic E-state index is 0.133. The van der Waals surface area contributed by atoms with Crippen molar-refractivity contribution in [1.29, 1.82) is 0 Å². The van der Waals surface area contributed by atoms with Gasteiger partial charge in [-0.1, -0.05) is 13.3 Å². The van der Waals surface area contributed by atoms with E-state index < -0.39 is 30.1 Å². The molecule has 1 fully saturated rings. The Hall–Kier alpha value is -1.67. The van der Waals surface area contributed by atoms with Crippen LogP contribution in [0.5, 0.6) is 0 Å². The number of nitrogens with one attached hydrogen (secondary N) is 2. The molecule has 4 N–H and O–H groups in total. The first kappa shape index (κ1) is 17.4. The topological polar surface area (TPSA) is 119 Å². The third kappa shape index (κ3) is 4.68. The summed E-state index contributed by atoms with van der Waals surface area (Å²) < 4.78 is 0. The quantitative estimate of drug-likeness (QED) is 0.422. The number of carbonyl (C=O) groups excluding carboxylic acids is 3. The Morgan fingerprint density at radius 2 is 1.90 bits per heavy atom. The Bertz CT molecular complexity index is 401. The van der Waals surface area contributed by atoms with Crippen molar-refractivity contribution in [2.45, 2.75) is 44.9 Å². The van der Waals surface area contributed by atoms with Gasteiger partial charge in [-0.25, -0.2) is 0 Å². The van der Waals surface area contributed by atoms with Gasteiger partial charge in [-0.15, -0.1) is 0 Å². The van der Waals surface area contributed by atoms with E-state index in [4.69, 9.17) is 0 Å². The first-order valence-corrected chi connectivity index (χ1v) is 7.06. The molecular weight excluding hydrogens is 278 g/mol. The number of unbranched alkanes of at least 4 members (excludes halogenated alkanes) is 1. The molecule has 1 saturated heterocycles. The molecular formula is C13H23N3O5. The molecule has 0 aromatic carbocycles. The van der Waals surface area contributed by atoms with E-state index in [1.165, 1.54) is 6.92 Å². The first-order chi connectivity index (χ1) is 9.88. The number of hydrogen-bond acceptors (Lipinski definition) is 5. The van der Waals surface area contributed by atoms with E-state index in [-0.39, 0.29) is 19.0 Å². The van der Waals surface area contributed by atoms with Crippen LogP contribution in [0.25, 0.3) is 0 Å². The smallest absolute Gasteiger partial charge is 0.245 e. The Balaban J connectivity index is 2.69. The number of amides is 3. The highest BCUT2D eigenvalue weighted by Gasteiger charge is 2.46. The van der Waals surface area contributed by atoms with Crippen molar-refractivity contribution in [3.05, 3.63) is 0 Å². The molecule has 3 atom stereocenters. The van der Waals surface area contributed by atoms with Crippen molar-refractivity contribution in [2.75, 3.05) is 19.6 Å². The van der Waals surface area contributed by atoms with Crippen molar-refractivity contribution >= 4 is 17.7 Å². The number of carbonyl (C=O) groups is 3. The van der Waals surface area contributed by atoms with Gasteiger partial charge in [0.15, 0.2) is 0 Å². The van der Waals surface area contributed by atoms with Crippen LogP contribution >= 0.6 is 0 Å². The minimum Gasteiger partial charge on any atom is -0.388 e. The van der Waals surface area contributed by atoms with Crippen molar-refractivity contribution in [2.24, 2.45) is 0 Å². The van der Waals surface area contributed by atoms with E-state index in [0.717, 1.165) is 17.7 Å². The zero-order valence-corrected chi connectivity index (χ0v) is 12.3. The van der Waals surface area contributed by atoms with Crippen LogP contribution in [-0.4, -0.2) is 70.7 Å². The van der Waals surface area contributed by atoms with Gasteiger partial charge in [0.05, 0.1) is 19.2 Å². The molecule has 21 heavy (non-hydrogen) atoms. The molecule has 1 aliphatic rings. The maximum atomic E-state index is 12.1. The Morgan fingerprint density at radius 3 is 2.48 bits per heavy atom. The van der Waals surface area contributed by atoms with Crippen molar-refractivity contribution in [3.8, 4) is 0 Å². The third-order valence-electron chi connectivity index (χ3n) is 3.34. The lowest BCUT2D eigenvalue weighted by atomic mass is 10.1. The molecule has 0 aliphatic carbocycles.